The van der Waals surface area contributed by atoms with Crippen molar-refractivity contribution in [3.8, 4) is 5.75 Å². The van der Waals surface area contributed by atoms with Crippen molar-refractivity contribution in [1.82, 2.24) is 0 Å². The summed E-state index contributed by atoms with van der Waals surface area (Å²) < 4.78 is 34.6. The van der Waals surface area contributed by atoms with E-state index in [0.29, 0.717) is 16.9 Å². The Kier molecular flexibility index (Phi) is 5.52. The fourth-order valence-corrected chi connectivity index (χ4v) is 3.13. The maximum Gasteiger partial charge on any atom is 0.297 e. The van der Waals surface area contributed by atoms with Crippen LogP contribution in [-0.4, -0.2) is 27.4 Å². The van der Waals surface area contributed by atoms with Crippen molar-refractivity contribution in [1.29, 1.82) is 0 Å². The first-order chi connectivity index (χ1) is 10.9. The first-order valence-electron chi connectivity index (χ1n) is 7.09. The van der Waals surface area contributed by atoms with Gasteiger partial charge in [0, 0.05) is 5.56 Å². The van der Waals surface area contributed by atoms with Crippen molar-refractivity contribution in [2.75, 3.05) is 13.2 Å². The summed E-state index contributed by atoms with van der Waals surface area (Å²) in [6.07, 6.45) is 0. The second-order valence-corrected chi connectivity index (χ2v) is 6.56. The van der Waals surface area contributed by atoms with Gasteiger partial charge in [-0.15, -0.1) is 0 Å². The molecule has 0 aliphatic carbocycles. The van der Waals surface area contributed by atoms with Crippen molar-refractivity contribution in [3.63, 3.8) is 0 Å². The van der Waals surface area contributed by atoms with Gasteiger partial charge in [-0.3, -0.25) is 8.98 Å². The highest BCUT2D eigenvalue weighted by Crippen LogP contribution is 2.17. The van der Waals surface area contributed by atoms with Gasteiger partial charge in [0.05, 0.1) is 4.90 Å². The van der Waals surface area contributed by atoms with Crippen molar-refractivity contribution < 1.29 is 22.1 Å². The zero-order valence-electron chi connectivity index (χ0n) is 13.0. The van der Waals surface area contributed by atoms with Crippen LogP contribution in [0.15, 0.2) is 53.4 Å². The molecule has 0 N–H and O–H groups in total. The molecule has 5 nitrogen and oxygen atoms in total. The van der Waals surface area contributed by atoms with E-state index in [0.717, 1.165) is 0 Å². The Hall–Kier alpha value is -2.18. The molecule has 2 aromatic carbocycles. The van der Waals surface area contributed by atoms with Gasteiger partial charge in [-0.2, -0.15) is 8.42 Å². The molecule has 0 aliphatic rings. The fourth-order valence-electron chi connectivity index (χ4n) is 2.01. The monoisotopic (exact) mass is 334 g/mol. The number of aryl methyl sites for hydroxylation is 1. The third-order valence-corrected chi connectivity index (χ3v) is 4.67. The average molecular weight is 334 g/mol. The lowest BCUT2D eigenvalue weighted by Crippen LogP contribution is -2.14. The van der Waals surface area contributed by atoms with Crippen LogP contribution in [0.1, 0.15) is 22.8 Å². The Morgan fingerprint density at radius 1 is 1.04 bits per heavy atom. The molecular formula is C17H18O5S. The minimum absolute atomic E-state index is 0.0613. The summed E-state index contributed by atoms with van der Waals surface area (Å²) in [5.41, 5.74) is 1.17. The Balaban J connectivity index is 1.92. The highest BCUT2D eigenvalue weighted by Gasteiger charge is 2.17. The quantitative estimate of drug-likeness (QED) is 0.442. The molecule has 2 rings (SSSR count). The number of hydrogen-bond acceptors (Lipinski definition) is 5. The lowest BCUT2D eigenvalue weighted by atomic mass is 10.1. The molecule has 0 aliphatic heterocycles. The van der Waals surface area contributed by atoms with Gasteiger partial charge < -0.3 is 4.74 Å². The Bertz CT molecular complexity index is 796. The SMILES string of the molecule is CC(=O)c1cccc(OCCOS(=O)(=O)c2ccccc2C)c1. The van der Waals surface area contributed by atoms with Gasteiger partial charge in [-0.05, 0) is 37.6 Å². The Labute approximate surface area is 136 Å². The second-order valence-electron chi connectivity index (χ2n) is 4.97. The third-order valence-electron chi connectivity index (χ3n) is 3.19. The predicted molar refractivity (Wildman–Crippen MR) is 86.3 cm³/mol. The van der Waals surface area contributed by atoms with Crippen LogP contribution in [0.2, 0.25) is 0 Å². The summed E-state index contributed by atoms with van der Waals surface area (Å²) in [7, 11) is -3.80. The molecule has 0 aromatic heterocycles. The van der Waals surface area contributed by atoms with Gasteiger partial charge in [0.25, 0.3) is 10.1 Å². The molecule has 122 valence electrons. The molecule has 0 fully saturated rings. The molecule has 0 bridgehead atoms. The fraction of sp³-hybridized carbons (Fsp3) is 0.235. The van der Waals surface area contributed by atoms with E-state index in [-0.39, 0.29) is 23.9 Å². The first-order valence-corrected chi connectivity index (χ1v) is 8.50. The molecule has 0 saturated carbocycles. The zero-order chi connectivity index (χ0) is 16.9. The summed E-state index contributed by atoms with van der Waals surface area (Å²) >= 11 is 0. The minimum atomic E-state index is -3.80. The largest absolute Gasteiger partial charge is 0.491 e. The minimum Gasteiger partial charge on any atom is -0.491 e. The molecule has 6 heteroatoms. The van der Waals surface area contributed by atoms with Crippen molar-refractivity contribution >= 4 is 15.9 Å². The normalized spacial score (nSPS) is 11.2. The zero-order valence-corrected chi connectivity index (χ0v) is 13.8. The number of ketones is 1. The van der Waals surface area contributed by atoms with Crippen LogP contribution >= 0.6 is 0 Å². The van der Waals surface area contributed by atoms with E-state index < -0.39 is 10.1 Å². The van der Waals surface area contributed by atoms with Crippen LogP contribution in [0, 0.1) is 6.92 Å². The molecule has 0 saturated heterocycles. The molecule has 0 spiro atoms. The van der Waals surface area contributed by atoms with Gasteiger partial charge in [0.1, 0.15) is 19.0 Å². The Morgan fingerprint density at radius 2 is 1.78 bits per heavy atom. The van der Waals surface area contributed by atoms with E-state index in [2.05, 4.69) is 0 Å². The average Bonchev–Trinajstić information content (AvgIpc) is 2.52. The molecule has 2 aromatic rings. The predicted octanol–water partition coefficient (Wildman–Crippen LogP) is 2.98. The van der Waals surface area contributed by atoms with E-state index in [1.165, 1.54) is 13.0 Å². The van der Waals surface area contributed by atoms with Gasteiger partial charge in [-0.1, -0.05) is 30.3 Å². The van der Waals surface area contributed by atoms with Gasteiger partial charge >= 0.3 is 0 Å². The van der Waals surface area contributed by atoms with Crippen LogP contribution in [0.5, 0.6) is 5.75 Å². The van der Waals surface area contributed by atoms with Crippen molar-refractivity contribution in [2.24, 2.45) is 0 Å². The highest BCUT2D eigenvalue weighted by molar-refractivity contribution is 7.86. The number of benzene rings is 2. The number of hydrogen-bond donors (Lipinski definition) is 0. The van der Waals surface area contributed by atoms with Crippen LogP contribution in [0.4, 0.5) is 0 Å². The summed E-state index contributed by atoms with van der Waals surface area (Å²) in [5, 5.41) is 0. The number of ether oxygens (including phenoxy) is 1. The van der Waals surface area contributed by atoms with Gasteiger partial charge in [0.2, 0.25) is 0 Å². The Morgan fingerprint density at radius 3 is 2.48 bits per heavy atom. The standard InChI is InChI=1S/C17H18O5S/c1-13-6-3-4-9-17(13)23(19,20)22-11-10-21-16-8-5-7-15(12-16)14(2)18/h3-9,12H,10-11H2,1-2H3. The van der Waals surface area contributed by atoms with E-state index in [1.54, 1.807) is 49.4 Å². The molecular weight excluding hydrogens is 316 g/mol. The van der Waals surface area contributed by atoms with Crippen molar-refractivity contribution in [3.05, 3.63) is 59.7 Å². The maximum absolute atomic E-state index is 12.1. The van der Waals surface area contributed by atoms with Crippen LogP contribution in [0.25, 0.3) is 0 Å². The van der Waals surface area contributed by atoms with Crippen LogP contribution in [0.3, 0.4) is 0 Å². The van der Waals surface area contributed by atoms with Gasteiger partial charge in [-0.25, -0.2) is 0 Å². The van der Waals surface area contributed by atoms with Crippen LogP contribution < -0.4 is 4.74 Å². The molecule has 0 heterocycles. The third kappa shape index (κ3) is 4.64. The maximum atomic E-state index is 12.1. The molecule has 23 heavy (non-hydrogen) atoms. The van der Waals surface area contributed by atoms with Crippen LogP contribution in [-0.2, 0) is 14.3 Å². The van der Waals surface area contributed by atoms with E-state index in [9.17, 15) is 13.2 Å². The number of carbonyl (C=O) groups is 1. The lowest BCUT2D eigenvalue weighted by molar-refractivity contribution is 0.101. The van der Waals surface area contributed by atoms with E-state index in [1.807, 2.05) is 0 Å². The number of Topliss-reactive ketones (excluding diaryl/α,β-unsaturated/α-hetero) is 1. The van der Waals surface area contributed by atoms with E-state index in [4.69, 9.17) is 8.92 Å². The summed E-state index contributed by atoms with van der Waals surface area (Å²) in [6, 6.07) is 13.3. The molecule has 0 radical (unpaired) electrons. The summed E-state index contributed by atoms with van der Waals surface area (Å²) in [6.45, 7) is 3.13. The summed E-state index contributed by atoms with van der Waals surface area (Å²) in [5.74, 6) is 0.434. The number of carbonyl (C=O) groups excluding carboxylic acids is 1. The topological polar surface area (TPSA) is 69.7 Å². The number of rotatable bonds is 7. The molecule has 0 amide bonds. The second kappa shape index (κ2) is 7.39. The van der Waals surface area contributed by atoms with Crippen molar-refractivity contribution in [2.45, 2.75) is 18.7 Å². The van der Waals surface area contributed by atoms with E-state index >= 15 is 0 Å². The van der Waals surface area contributed by atoms with Gasteiger partial charge in [0.15, 0.2) is 5.78 Å². The lowest BCUT2D eigenvalue weighted by Gasteiger charge is -2.09. The summed E-state index contributed by atoms with van der Waals surface area (Å²) in [4.78, 5) is 11.4. The molecule has 0 unspecified atom stereocenters. The smallest absolute Gasteiger partial charge is 0.297 e. The highest BCUT2D eigenvalue weighted by atomic mass is 32.2. The molecule has 0 atom stereocenters. The first kappa shape index (κ1) is 17.2.